The van der Waals surface area contributed by atoms with Crippen molar-refractivity contribution < 1.29 is 17.9 Å². The maximum atomic E-state index is 13.2. The molecule has 2 amide bonds. The van der Waals surface area contributed by atoms with Crippen LogP contribution in [0, 0.1) is 0 Å². The van der Waals surface area contributed by atoms with Crippen LogP contribution >= 0.6 is 0 Å². The van der Waals surface area contributed by atoms with E-state index in [-0.39, 0.29) is 23.5 Å². The van der Waals surface area contributed by atoms with Gasteiger partial charge in [-0.25, -0.2) is 13.2 Å². The first-order valence-corrected chi connectivity index (χ1v) is 12.8. The maximum Gasteiger partial charge on any atom is 0.326 e. The number of methoxy groups -OCH3 is 1. The topological polar surface area (TPSA) is 82.2 Å². The Balaban J connectivity index is 1.52. The summed E-state index contributed by atoms with van der Waals surface area (Å²) in [5.41, 5.74) is 3.47. The van der Waals surface area contributed by atoms with Crippen LogP contribution in [0.3, 0.4) is 0 Å². The smallest absolute Gasteiger partial charge is 0.326 e. The second kappa shape index (κ2) is 9.70. The van der Waals surface area contributed by atoms with Crippen LogP contribution in [0.25, 0.3) is 0 Å². The highest BCUT2D eigenvalue weighted by Crippen LogP contribution is 2.35. The van der Waals surface area contributed by atoms with Gasteiger partial charge in [0.1, 0.15) is 0 Å². The van der Waals surface area contributed by atoms with E-state index >= 15 is 0 Å². The maximum absolute atomic E-state index is 13.2. The third kappa shape index (κ3) is 4.85. The molecule has 2 aliphatic heterocycles. The van der Waals surface area contributed by atoms with Gasteiger partial charge in [-0.15, -0.1) is 0 Å². The van der Waals surface area contributed by atoms with Crippen LogP contribution in [-0.2, 0) is 21.2 Å². The van der Waals surface area contributed by atoms with Gasteiger partial charge in [-0.3, -0.25) is 4.90 Å². The van der Waals surface area contributed by atoms with Crippen molar-refractivity contribution in [2.75, 3.05) is 55.5 Å². The predicted octanol–water partition coefficient (Wildman–Crippen LogP) is 3.54. The molecule has 4 rings (SSSR count). The number of ether oxygens (including phenoxy) is 1. The molecule has 0 radical (unpaired) electrons. The Morgan fingerprint density at radius 2 is 1.85 bits per heavy atom. The summed E-state index contributed by atoms with van der Waals surface area (Å²) in [4.78, 5) is 17.4. The Bertz CT molecular complexity index is 1100. The SMILES string of the molecule is COCCN(C)S(=O)(=O)c1ccc2c(c1)N(C(=O)Nc1ccc(N3CCCC3)cc1)C(C)C2. The van der Waals surface area contributed by atoms with E-state index in [9.17, 15) is 13.2 Å². The van der Waals surface area contributed by atoms with Crippen molar-refractivity contribution in [3.63, 3.8) is 0 Å². The Kier molecular flexibility index (Phi) is 6.92. The summed E-state index contributed by atoms with van der Waals surface area (Å²) in [6, 6.07) is 12.6. The van der Waals surface area contributed by atoms with Crippen molar-refractivity contribution >= 4 is 33.1 Å². The number of carbonyl (C=O) groups is 1. The quantitative estimate of drug-likeness (QED) is 0.667. The van der Waals surface area contributed by atoms with Gasteiger partial charge in [-0.05, 0) is 68.1 Å². The summed E-state index contributed by atoms with van der Waals surface area (Å²) < 4.78 is 32.2. The number of rotatable bonds is 7. The third-order valence-corrected chi connectivity index (χ3v) is 8.25. The largest absolute Gasteiger partial charge is 0.383 e. The summed E-state index contributed by atoms with van der Waals surface area (Å²) in [6.45, 7) is 4.67. The molecule has 0 bridgehead atoms. The average Bonchev–Trinajstić information content (AvgIpc) is 3.44. The second-order valence-corrected chi connectivity index (χ2v) is 10.7. The molecule has 9 heteroatoms. The molecule has 0 spiro atoms. The molecule has 1 fully saturated rings. The van der Waals surface area contributed by atoms with E-state index in [4.69, 9.17) is 4.74 Å². The zero-order chi connectivity index (χ0) is 23.6. The van der Waals surface area contributed by atoms with Crippen LogP contribution in [0.1, 0.15) is 25.3 Å². The number of amides is 2. The van der Waals surface area contributed by atoms with Gasteiger partial charge in [0.2, 0.25) is 10.0 Å². The standard InChI is InChI=1S/C24H32N4O4S/c1-18-16-19-6-11-22(33(30,31)26(2)14-15-32-3)17-23(19)28(18)24(29)25-20-7-9-21(10-8-20)27-12-4-5-13-27/h6-11,17-18H,4-5,12-16H2,1-3H3,(H,25,29). The Morgan fingerprint density at radius 1 is 1.15 bits per heavy atom. The molecule has 2 aromatic carbocycles. The van der Waals surface area contributed by atoms with E-state index in [1.165, 1.54) is 31.3 Å². The van der Waals surface area contributed by atoms with Gasteiger partial charge in [0.25, 0.3) is 0 Å². The summed E-state index contributed by atoms with van der Waals surface area (Å²) >= 11 is 0. The number of sulfonamides is 1. The van der Waals surface area contributed by atoms with Crippen LogP contribution < -0.4 is 15.1 Å². The molecule has 1 unspecified atom stereocenters. The molecular formula is C24H32N4O4S. The fraction of sp³-hybridized carbons (Fsp3) is 0.458. The minimum Gasteiger partial charge on any atom is -0.383 e. The molecule has 0 saturated carbocycles. The summed E-state index contributed by atoms with van der Waals surface area (Å²) in [7, 11) is -0.617. The number of anilines is 3. The zero-order valence-corrected chi connectivity index (χ0v) is 20.3. The molecule has 1 N–H and O–H groups in total. The van der Waals surface area contributed by atoms with Gasteiger partial charge >= 0.3 is 6.03 Å². The van der Waals surface area contributed by atoms with E-state index in [1.54, 1.807) is 23.1 Å². The lowest BCUT2D eigenvalue weighted by Gasteiger charge is -2.24. The van der Waals surface area contributed by atoms with Crippen molar-refractivity contribution in [1.29, 1.82) is 0 Å². The molecule has 178 valence electrons. The van der Waals surface area contributed by atoms with Gasteiger partial charge in [-0.1, -0.05) is 6.07 Å². The highest BCUT2D eigenvalue weighted by atomic mass is 32.2. The van der Waals surface area contributed by atoms with Gasteiger partial charge in [0, 0.05) is 51.2 Å². The van der Waals surface area contributed by atoms with E-state index in [0.29, 0.717) is 24.4 Å². The number of fused-ring (bicyclic) bond motifs is 1. The fourth-order valence-corrected chi connectivity index (χ4v) is 5.67. The third-order valence-electron chi connectivity index (χ3n) is 6.40. The van der Waals surface area contributed by atoms with Crippen LogP contribution in [0.5, 0.6) is 0 Å². The molecule has 2 aromatic rings. The average molecular weight is 473 g/mol. The van der Waals surface area contributed by atoms with E-state index < -0.39 is 10.0 Å². The van der Waals surface area contributed by atoms with Gasteiger partial charge in [0.15, 0.2) is 0 Å². The van der Waals surface area contributed by atoms with E-state index in [1.807, 2.05) is 31.2 Å². The number of hydrogen-bond donors (Lipinski definition) is 1. The summed E-state index contributed by atoms with van der Waals surface area (Å²) in [5.74, 6) is 0. The lowest BCUT2D eigenvalue weighted by molar-refractivity contribution is 0.185. The van der Waals surface area contributed by atoms with Crippen molar-refractivity contribution in [2.45, 2.75) is 37.1 Å². The molecular weight excluding hydrogens is 440 g/mol. The zero-order valence-electron chi connectivity index (χ0n) is 19.5. The molecule has 8 nitrogen and oxygen atoms in total. The molecule has 1 saturated heterocycles. The Hall–Kier alpha value is -2.62. The summed E-state index contributed by atoms with van der Waals surface area (Å²) in [6.07, 6.45) is 3.10. The second-order valence-electron chi connectivity index (χ2n) is 8.70. The monoisotopic (exact) mass is 472 g/mol. The lowest BCUT2D eigenvalue weighted by atomic mass is 10.1. The number of likely N-dealkylation sites (N-methyl/N-ethyl adjacent to an activating group) is 1. The fourth-order valence-electron chi connectivity index (χ4n) is 4.49. The molecule has 1 atom stereocenters. The summed E-state index contributed by atoms with van der Waals surface area (Å²) in [5, 5.41) is 2.97. The van der Waals surface area contributed by atoms with Crippen LogP contribution in [0.2, 0.25) is 0 Å². The first-order chi connectivity index (χ1) is 15.8. The Labute approximate surface area is 196 Å². The van der Waals surface area contributed by atoms with Crippen LogP contribution in [0.4, 0.5) is 21.9 Å². The van der Waals surface area contributed by atoms with Gasteiger partial charge in [0.05, 0.1) is 17.2 Å². The first-order valence-electron chi connectivity index (χ1n) is 11.3. The van der Waals surface area contributed by atoms with Gasteiger partial charge in [-0.2, -0.15) is 4.31 Å². The Morgan fingerprint density at radius 3 is 2.52 bits per heavy atom. The highest BCUT2D eigenvalue weighted by Gasteiger charge is 2.33. The van der Waals surface area contributed by atoms with E-state index in [0.717, 1.165) is 24.3 Å². The van der Waals surface area contributed by atoms with Crippen molar-refractivity contribution in [3.8, 4) is 0 Å². The van der Waals surface area contributed by atoms with Crippen molar-refractivity contribution in [3.05, 3.63) is 48.0 Å². The number of benzene rings is 2. The highest BCUT2D eigenvalue weighted by molar-refractivity contribution is 7.89. The predicted molar refractivity (Wildman–Crippen MR) is 131 cm³/mol. The minimum absolute atomic E-state index is 0.0759. The number of hydrogen-bond acceptors (Lipinski definition) is 5. The number of urea groups is 1. The number of carbonyl (C=O) groups excluding carboxylic acids is 1. The van der Waals surface area contributed by atoms with Crippen molar-refractivity contribution in [2.24, 2.45) is 0 Å². The van der Waals surface area contributed by atoms with Crippen LogP contribution in [0.15, 0.2) is 47.4 Å². The molecule has 0 aliphatic carbocycles. The normalized spacial score (nSPS) is 18.1. The molecule has 2 heterocycles. The van der Waals surface area contributed by atoms with Crippen molar-refractivity contribution in [1.82, 2.24) is 4.31 Å². The lowest BCUT2D eigenvalue weighted by Crippen LogP contribution is -2.39. The number of nitrogens with one attached hydrogen (secondary N) is 1. The van der Waals surface area contributed by atoms with Crippen LogP contribution in [-0.4, -0.2) is 65.2 Å². The number of nitrogens with zero attached hydrogens (tertiary/aromatic N) is 3. The molecule has 2 aliphatic rings. The van der Waals surface area contributed by atoms with E-state index in [2.05, 4.69) is 10.2 Å². The molecule has 33 heavy (non-hydrogen) atoms. The van der Waals surface area contributed by atoms with Gasteiger partial charge < -0.3 is 15.0 Å². The molecule has 0 aromatic heterocycles. The first kappa shape index (κ1) is 23.5. The minimum atomic E-state index is -3.68.